The number of carbonyl (C=O) groups is 2. The standard InChI is InChI=1S/C14H12FNO3S2/c15-9-1-3-10(4-2-9)20-8-6-12(17)16-11-5-7-21-13(11)14(18)19/h1-5,7H,6,8H2,(H,16,17)(H,18,19). The van der Waals surface area contributed by atoms with E-state index in [1.807, 2.05) is 0 Å². The van der Waals surface area contributed by atoms with Crippen LogP contribution in [0.3, 0.4) is 0 Å². The Hall–Kier alpha value is -1.86. The Balaban J connectivity index is 1.81. The summed E-state index contributed by atoms with van der Waals surface area (Å²) in [5, 5.41) is 13.1. The molecule has 0 unspecified atom stereocenters. The second-order valence-electron chi connectivity index (χ2n) is 4.07. The maximum absolute atomic E-state index is 12.7. The number of hydrogen-bond acceptors (Lipinski definition) is 4. The number of carbonyl (C=O) groups excluding carboxylic acids is 1. The second kappa shape index (κ2) is 7.24. The lowest BCUT2D eigenvalue weighted by Gasteiger charge is -2.04. The molecule has 0 spiro atoms. The number of thioether (sulfide) groups is 1. The molecule has 1 amide bonds. The van der Waals surface area contributed by atoms with E-state index in [4.69, 9.17) is 5.11 Å². The van der Waals surface area contributed by atoms with Gasteiger partial charge in [0.15, 0.2) is 0 Å². The first-order valence-corrected chi connectivity index (χ1v) is 7.92. The van der Waals surface area contributed by atoms with Crippen molar-refractivity contribution in [3.05, 3.63) is 46.4 Å². The van der Waals surface area contributed by atoms with E-state index in [1.165, 1.54) is 23.9 Å². The largest absolute Gasteiger partial charge is 0.477 e. The van der Waals surface area contributed by atoms with Gasteiger partial charge in [-0.15, -0.1) is 23.1 Å². The molecule has 0 saturated heterocycles. The van der Waals surface area contributed by atoms with Crippen LogP contribution in [0.5, 0.6) is 0 Å². The Kier molecular flexibility index (Phi) is 5.35. The Bertz CT molecular complexity index is 640. The number of rotatable bonds is 6. The number of anilines is 1. The zero-order chi connectivity index (χ0) is 15.2. The topological polar surface area (TPSA) is 66.4 Å². The van der Waals surface area contributed by atoms with Crippen LogP contribution in [0, 0.1) is 5.82 Å². The number of amides is 1. The molecular formula is C14H12FNO3S2. The summed E-state index contributed by atoms with van der Waals surface area (Å²) in [5.74, 6) is -1.06. The van der Waals surface area contributed by atoms with Crippen LogP contribution in [-0.4, -0.2) is 22.7 Å². The number of halogens is 1. The van der Waals surface area contributed by atoms with Gasteiger partial charge in [-0.25, -0.2) is 9.18 Å². The molecule has 0 saturated carbocycles. The van der Waals surface area contributed by atoms with Crippen LogP contribution in [0.2, 0.25) is 0 Å². The number of carboxylic acid groups (broad SMARTS) is 1. The van der Waals surface area contributed by atoms with Crippen molar-refractivity contribution in [3.8, 4) is 0 Å². The number of hydrogen-bond donors (Lipinski definition) is 2. The molecule has 0 radical (unpaired) electrons. The highest BCUT2D eigenvalue weighted by molar-refractivity contribution is 7.99. The summed E-state index contributed by atoms with van der Waals surface area (Å²) in [6.45, 7) is 0. The number of carboxylic acids is 1. The van der Waals surface area contributed by atoms with E-state index in [2.05, 4.69) is 5.32 Å². The average molecular weight is 325 g/mol. The molecule has 1 aromatic carbocycles. The van der Waals surface area contributed by atoms with Gasteiger partial charge in [0, 0.05) is 17.1 Å². The predicted molar refractivity (Wildman–Crippen MR) is 81.6 cm³/mol. The summed E-state index contributed by atoms with van der Waals surface area (Å²) in [4.78, 5) is 23.7. The average Bonchev–Trinajstić information content (AvgIpc) is 2.89. The fourth-order valence-corrected chi connectivity index (χ4v) is 3.12. The molecule has 1 heterocycles. The fourth-order valence-electron chi connectivity index (χ4n) is 1.58. The fraction of sp³-hybridized carbons (Fsp3) is 0.143. The van der Waals surface area contributed by atoms with Gasteiger partial charge in [0.05, 0.1) is 5.69 Å². The Labute approximate surface area is 129 Å². The maximum Gasteiger partial charge on any atom is 0.348 e. The van der Waals surface area contributed by atoms with Gasteiger partial charge in [0.2, 0.25) is 5.91 Å². The minimum absolute atomic E-state index is 0.120. The lowest BCUT2D eigenvalue weighted by Crippen LogP contribution is -2.13. The van der Waals surface area contributed by atoms with E-state index < -0.39 is 5.97 Å². The van der Waals surface area contributed by atoms with Crippen molar-refractivity contribution in [1.82, 2.24) is 0 Å². The van der Waals surface area contributed by atoms with Crippen LogP contribution >= 0.6 is 23.1 Å². The second-order valence-corrected chi connectivity index (χ2v) is 6.15. The van der Waals surface area contributed by atoms with Crippen LogP contribution in [0.1, 0.15) is 16.1 Å². The minimum atomic E-state index is -1.05. The van der Waals surface area contributed by atoms with Crippen molar-refractivity contribution < 1.29 is 19.1 Å². The summed E-state index contributed by atoms with van der Waals surface area (Å²) in [7, 11) is 0. The molecule has 4 nitrogen and oxygen atoms in total. The molecule has 0 atom stereocenters. The summed E-state index contributed by atoms with van der Waals surface area (Å²) in [6.07, 6.45) is 0.247. The van der Waals surface area contributed by atoms with Crippen LogP contribution in [0.4, 0.5) is 10.1 Å². The molecule has 0 fully saturated rings. The van der Waals surface area contributed by atoms with E-state index in [0.717, 1.165) is 16.2 Å². The third kappa shape index (κ3) is 4.57. The molecule has 2 N–H and O–H groups in total. The van der Waals surface area contributed by atoms with Gasteiger partial charge < -0.3 is 10.4 Å². The predicted octanol–water partition coefficient (Wildman–Crippen LogP) is 3.71. The highest BCUT2D eigenvalue weighted by atomic mass is 32.2. The van der Waals surface area contributed by atoms with Gasteiger partial charge in [0.25, 0.3) is 0 Å². The molecule has 0 aliphatic carbocycles. The van der Waals surface area contributed by atoms with Crippen molar-refractivity contribution in [3.63, 3.8) is 0 Å². The summed E-state index contributed by atoms with van der Waals surface area (Å²) in [5.41, 5.74) is 0.323. The molecule has 0 bridgehead atoms. The first-order valence-electron chi connectivity index (χ1n) is 6.05. The number of nitrogens with one attached hydrogen (secondary N) is 1. The van der Waals surface area contributed by atoms with Crippen LogP contribution in [0.15, 0.2) is 40.6 Å². The highest BCUT2D eigenvalue weighted by Crippen LogP contribution is 2.23. The first-order chi connectivity index (χ1) is 10.1. The Morgan fingerprint density at radius 2 is 1.95 bits per heavy atom. The summed E-state index contributed by atoms with van der Waals surface area (Å²) >= 11 is 2.51. The van der Waals surface area contributed by atoms with E-state index in [-0.39, 0.29) is 23.0 Å². The Morgan fingerprint density at radius 3 is 2.62 bits per heavy atom. The van der Waals surface area contributed by atoms with Crippen molar-refractivity contribution in [2.75, 3.05) is 11.1 Å². The van der Waals surface area contributed by atoms with Crippen LogP contribution in [-0.2, 0) is 4.79 Å². The van der Waals surface area contributed by atoms with Gasteiger partial charge >= 0.3 is 5.97 Å². The summed E-state index contributed by atoms with van der Waals surface area (Å²) < 4.78 is 12.7. The molecule has 110 valence electrons. The van der Waals surface area contributed by atoms with E-state index in [9.17, 15) is 14.0 Å². The van der Waals surface area contributed by atoms with Gasteiger partial charge in [-0.2, -0.15) is 0 Å². The molecule has 2 rings (SSSR count). The number of thiophene rings is 1. The lowest BCUT2D eigenvalue weighted by atomic mass is 10.3. The smallest absolute Gasteiger partial charge is 0.348 e. The normalized spacial score (nSPS) is 10.3. The van der Waals surface area contributed by atoms with Crippen LogP contribution in [0.25, 0.3) is 0 Å². The highest BCUT2D eigenvalue weighted by Gasteiger charge is 2.13. The van der Waals surface area contributed by atoms with E-state index >= 15 is 0 Å². The molecule has 21 heavy (non-hydrogen) atoms. The monoisotopic (exact) mass is 325 g/mol. The SMILES string of the molecule is O=C(CCSc1ccc(F)cc1)Nc1ccsc1C(=O)O. The molecule has 7 heteroatoms. The molecular weight excluding hydrogens is 313 g/mol. The van der Waals surface area contributed by atoms with Gasteiger partial charge in [0.1, 0.15) is 10.7 Å². The van der Waals surface area contributed by atoms with Crippen molar-refractivity contribution in [1.29, 1.82) is 0 Å². The van der Waals surface area contributed by atoms with Gasteiger partial charge in [-0.3, -0.25) is 4.79 Å². The van der Waals surface area contributed by atoms with Gasteiger partial charge in [-0.1, -0.05) is 0 Å². The third-order valence-electron chi connectivity index (χ3n) is 2.55. The molecule has 0 aliphatic rings. The maximum atomic E-state index is 12.7. The summed E-state index contributed by atoms with van der Waals surface area (Å²) in [6, 6.07) is 7.61. The van der Waals surface area contributed by atoms with Crippen LogP contribution < -0.4 is 5.32 Å². The minimum Gasteiger partial charge on any atom is -0.477 e. The molecule has 2 aromatic rings. The van der Waals surface area contributed by atoms with Gasteiger partial charge in [-0.05, 0) is 35.7 Å². The quantitative estimate of drug-likeness (QED) is 0.795. The van der Waals surface area contributed by atoms with Crippen molar-refractivity contribution in [2.24, 2.45) is 0 Å². The third-order valence-corrected chi connectivity index (χ3v) is 4.46. The van der Waals surface area contributed by atoms with E-state index in [1.54, 1.807) is 23.6 Å². The van der Waals surface area contributed by atoms with E-state index in [0.29, 0.717) is 11.4 Å². The lowest BCUT2D eigenvalue weighted by molar-refractivity contribution is -0.115. The Morgan fingerprint density at radius 1 is 1.24 bits per heavy atom. The zero-order valence-electron chi connectivity index (χ0n) is 10.8. The van der Waals surface area contributed by atoms with Crippen molar-refractivity contribution in [2.45, 2.75) is 11.3 Å². The molecule has 1 aromatic heterocycles. The zero-order valence-corrected chi connectivity index (χ0v) is 12.5. The van der Waals surface area contributed by atoms with Crippen molar-refractivity contribution >= 4 is 40.7 Å². The first kappa shape index (κ1) is 15.5. The number of aromatic carboxylic acids is 1. The molecule has 0 aliphatic heterocycles. The number of benzene rings is 1.